The Bertz CT molecular complexity index is 1520. The van der Waals surface area contributed by atoms with Crippen molar-refractivity contribution in [3.63, 3.8) is 0 Å². The van der Waals surface area contributed by atoms with E-state index in [1.165, 1.54) is 19.1 Å². The molecule has 9 nitrogen and oxygen atoms in total. The van der Waals surface area contributed by atoms with E-state index < -0.39 is 11.5 Å². The molecule has 0 bridgehead atoms. The topological polar surface area (TPSA) is 101 Å². The highest BCUT2D eigenvalue weighted by Crippen LogP contribution is 2.48. The summed E-state index contributed by atoms with van der Waals surface area (Å²) < 4.78 is 8.00. The summed E-state index contributed by atoms with van der Waals surface area (Å²) in [6.07, 6.45) is 8.59. The first kappa shape index (κ1) is 23.2. The summed E-state index contributed by atoms with van der Waals surface area (Å²) in [6, 6.07) is 13.9. The quantitative estimate of drug-likeness (QED) is 0.396. The largest absolute Gasteiger partial charge is 0.453 e. The number of pyridine rings is 3. The fourth-order valence-corrected chi connectivity index (χ4v) is 5.65. The summed E-state index contributed by atoms with van der Waals surface area (Å²) in [5.74, 6) is 0.706. The second-order valence-corrected chi connectivity index (χ2v) is 9.71. The number of hydrogen-bond donors (Lipinski definition) is 1. The van der Waals surface area contributed by atoms with E-state index in [4.69, 9.17) is 9.72 Å². The van der Waals surface area contributed by atoms with Crippen LogP contribution in [0.25, 0.3) is 21.9 Å². The molecule has 2 aliphatic rings. The van der Waals surface area contributed by atoms with Gasteiger partial charge in [0.2, 0.25) is 5.91 Å². The zero-order chi connectivity index (χ0) is 25.6. The number of rotatable bonds is 5. The first-order valence-corrected chi connectivity index (χ1v) is 13.0. The summed E-state index contributed by atoms with van der Waals surface area (Å²) in [6.45, 7) is 0.818. The van der Waals surface area contributed by atoms with Crippen molar-refractivity contribution in [3.8, 4) is 11.1 Å². The van der Waals surface area contributed by atoms with Crippen LogP contribution in [-0.2, 0) is 21.5 Å². The molecule has 1 spiro atoms. The third-order valence-corrected chi connectivity index (χ3v) is 7.47. The molecule has 37 heavy (non-hydrogen) atoms. The molecule has 0 atom stereocenters. The highest BCUT2D eigenvalue weighted by molar-refractivity contribution is 7.99. The van der Waals surface area contributed by atoms with Crippen molar-refractivity contribution >= 4 is 46.2 Å². The third kappa shape index (κ3) is 3.67. The molecule has 0 unspecified atom stereocenters. The van der Waals surface area contributed by atoms with Crippen molar-refractivity contribution < 1.29 is 14.3 Å². The number of methoxy groups -OCH3 is 1. The molecule has 1 aromatic carbocycles. The highest BCUT2D eigenvalue weighted by atomic mass is 32.2. The zero-order valence-corrected chi connectivity index (χ0v) is 21.2. The Labute approximate surface area is 218 Å². The van der Waals surface area contributed by atoms with Crippen LogP contribution in [0.5, 0.6) is 0 Å². The van der Waals surface area contributed by atoms with E-state index in [9.17, 15) is 9.59 Å². The van der Waals surface area contributed by atoms with Crippen LogP contribution in [0.15, 0.2) is 67.3 Å². The molecule has 0 aliphatic carbocycles. The van der Waals surface area contributed by atoms with Crippen molar-refractivity contribution in [2.45, 2.75) is 12.0 Å². The van der Waals surface area contributed by atoms with E-state index in [2.05, 4.69) is 20.8 Å². The number of carbonyl (C=O) groups is 2. The van der Waals surface area contributed by atoms with Gasteiger partial charge in [0.1, 0.15) is 11.2 Å². The zero-order valence-electron chi connectivity index (χ0n) is 20.3. The minimum atomic E-state index is -0.795. The predicted octanol–water partition coefficient (Wildman–Crippen LogP) is 4.25. The molecule has 1 saturated heterocycles. The Hall–Kier alpha value is -4.18. The van der Waals surface area contributed by atoms with Crippen molar-refractivity contribution in [2.24, 2.45) is 0 Å². The van der Waals surface area contributed by atoms with E-state index in [-0.39, 0.29) is 25.5 Å². The number of ether oxygens (including phenoxy) is 1. The van der Waals surface area contributed by atoms with Gasteiger partial charge in [-0.25, -0.2) is 9.78 Å². The lowest BCUT2D eigenvalue weighted by Crippen LogP contribution is -2.65. The Kier molecular flexibility index (Phi) is 5.68. The smallest absolute Gasteiger partial charge is 0.409 e. The van der Waals surface area contributed by atoms with Gasteiger partial charge in [-0.15, -0.1) is 0 Å². The van der Waals surface area contributed by atoms with Crippen molar-refractivity contribution in [3.05, 3.63) is 78.5 Å². The number of nitrogens with zero attached hydrogens (tertiary/aromatic N) is 5. The van der Waals surface area contributed by atoms with Crippen molar-refractivity contribution in [1.29, 1.82) is 0 Å². The maximum absolute atomic E-state index is 13.9. The average molecular weight is 513 g/mol. The van der Waals surface area contributed by atoms with Crippen LogP contribution in [0.1, 0.15) is 11.3 Å². The molecule has 6 rings (SSSR count). The summed E-state index contributed by atoms with van der Waals surface area (Å²) in [4.78, 5) is 42.9. The molecule has 5 heterocycles. The lowest BCUT2D eigenvalue weighted by atomic mass is 9.75. The number of carbonyl (C=O) groups excluding carboxylic acids is 2. The maximum Gasteiger partial charge on any atom is 0.409 e. The van der Waals surface area contributed by atoms with Gasteiger partial charge in [-0.3, -0.25) is 14.8 Å². The van der Waals surface area contributed by atoms with Crippen LogP contribution in [-0.4, -0.2) is 58.3 Å². The molecule has 1 N–H and O–H groups in total. The van der Waals surface area contributed by atoms with Gasteiger partial charge in [0.05, 0.1) is 31.2 Å². The van der Waals surface area contributed by atoms with E-state index >= 15 is 0 Å². The molecule has 10 heteroatoms. The van der Waals surface area contributed by atoms with Crippen LogP contribution >= 0.6 is 11.9 Å². The summed E-state index contributed by atoms with van der Waals surface area (Å²) in [7, 11) is 1.35. The van der Waals surface area contributed by atoms with E-state index in [1.54, 1.807) is 22.2 Å². The molecule has 1 fully saturated rings. The number of hydrogen-bond acceptors (Lipinski definition) is 8. The van der Waals surface area contributed by atoms with Crippen LogP contribution in [0.4, 0.5) is 16.3 Å². The second-order valence-electron chi connectivity index (χ2n) is 9.10. The van der Waals surface area contributed by atoms with Gasteiger partial charge in [0, 0.05) is 54.4 Å². The number of anilines is 2. The van der Waals surface area contributed by atoms with Crippen LogP contribution in [0, 0.1) is 0 Å². The molecular weight excluding hydrogens is 488 g/mol. The van der Waals surface area contributed by atoms with Crippen molar-refractivity contribution in [1.82, 2.24) is 19.9 Å². The Balaban J connectivity index is 1.42. The van der Waals surface area contributed by atoms with Gasteiger partial charge in [0.15, 0.2) is 0 Å². The van der Waals surface area contributed by atoms with Gasteiger partial charge in [-0.05, 0) is 29.1 Å². The average Bonchev–Trinajstić information content (AvgIpc) is 3.16. The maximum atomic E-state index is 13.9. The number of benzene rings is 1. The number of nitrogens with one attached hydrogen (secondary N) is 1. The summed E-state index contributed by atoms with van der Waals surface area (Å²) >= 11 is 1.48. The molecular formula is C27H24N6O3S. The fourth-order valence-electron chi connectivity index (χ4n) is 5.32. The minimum Gasteiger partial charge on any atom is -0.453 e. The van der Waals surface area contributed by atoms with E-state index in [0.717, 1.165) is 44.7 Å². The standard InChI is InChI=1S/C27H24N6O3S/c1-36-26(35)32-15-27(16-32)20-9-10-28-13-22(20)33(25(27)34)14-21-24(18-7-8-23(30-12-18)31-37-2)19-6-4-3-5-17(19)11-29-21/h3-13H,14-16H2,1-2H3,(H,30,31). The van der Waals surface area contributed by atoms with Gasteiger partial charge in [-0.1, -0.05) is 36.2 Å². The van der Waals surface area contributed by atoms with E-state index in [1.807, 2.05) is 55.0 Å². The van der Waals surface area contributed by atoms with Crippen LogP contribution in [0.2, 0.25) is 0 Å². The lowest BCUT2D eigenvalue weighted by Gasteiger charge is -2.45. The second kappa shape index (κ2) is 9.04. The van der Waals surface area contributed by atoms with Crippen LogP contribution < -0.4 is 9.62 Å². The van der Waals surface area contributed by atoms with Gasteiger partial charge in [-0.2, -0.15) is 0 Å². The van der Waals surface area contributed by atoms with Crippen LogP contribution in [0.3, 0.4) is 0 Å². The molecule has 4 aromatic rings. The third-order valence-electron chi connectivity index (χ3n) is 7.06. The predicted molar refractivity (Wildman–Crippen MR) is 143 cm³/mol. The molecule has 2 amide bonds. The highest BCUT2D eigenvalue weighted by Gasteiger charge is 2.59. The number of likely N-dealkylation sites (tertiary alicyclic amines) is 1. The molecule has 2 aliphatic heterocycles. The Morgan fingerprint density at radius 2 is 1.95 bits per heavy atom. The van der Waals surface area contributed by atoms with Crippen molar-refractivity contribution in [2.75, 3.05) is 36.1 Å². The SMILES string of the molecule is COC(=O)N1CC2(C1)C(=O)N(Cc1ncc3ccccc3c1-c1ccc(NSC)nc1)c1cnccc12. The Morgan fingerprint density at radius 1 is 1.11 bits per heavy atom. The number of amides is 2. The normalized spacial score (nSPS) is 15.6. The number of fused-ring (bicyclic) bond motifs is 3. The molecule has 0 saturated carbocycles. The Morgan fingerprint density at radius 3 is 2.70 bits per heavy atom. The first-order valence-electron chi connectivity index (χ1n) is 11.8. The lowest BCUT2D eigenvalue weighted by molar-refractivity contribution is -0.128. The first-order chi connectivity index (χ1) is 18.1. The summed E-state index contributed by atoms with van der Waals surface area (Å²) in [5.41, 5.74) is 3.44. The molecule has 0 radical (unpaired) electrons. The number of aromatic nitrogens is 3. The monoisotopic (exact) mass is 512 g/mol. The minimum absolute atomic E-state index is 0.0609. The van der Waals surface area contributed by atoms with E-state index in [0.29, 0.717) is 0 Å². The van der Waals surface area contributed by atoms with Gasteiger partial charge >= 0.3 is 6.09 Å². The van der Waals surface area contributed by atoms with Gasteiger partial charge < -0.3 is 19.3 Å². The molecule has 186 valence electrons. The fraction of sp³-hybridized carbons (Fsp3) is 0.222. The summed E-state index contributed by atoms with van der Waals surface area (Å²) in [5, 5.41) is 2.04. The van der Waals surface area contributed by atoms with Gasteiger partial charge in [0.25, 0.3) is 0 Å². The molecule has 3 aromatic heterocycles.